The van der Waals surface area contributed by atoms with Gasteiger partial charge in [0.1, 0.15) is 23.7 Å². The van der Waals surface area contributed by atoms with Crippen molar-refractivity contribution in [1.29, 1.82) is 0 Å². The zero-order valence-electron chi connectivity index (χ0n) is 22.6. The highest BCUT2D eigenvalue weighted by atomic mass is 32.2. The zero-order chi connectivity index (χ0) is 28.1. The van der Waals surface area contributed by atoms with Gasteiger partial charge in [0.25, 0.3) is 0 Å². The molecule has 0 radical (unpaired) electrons. The summed E-state index contributed by atoms with van der Waals surface area (Å²) in [6.07, 6.45) is -1.58. The Morgan fingerprint density at radius 1 is 0.659 bits per heavy atom. The first kappa shape index (κ1) is 28.9. The number of azide groups is 1. The Bertz CT molecular complexity index is 1360. The molecule has 5 rings (SSSR count). The fraction of sp³-hybridized carbons (Fsp3) is 0.273. The number of hydrogen-bond donors (Lipinski definition) is 0. The quantitative estimate of drug-likeness (QED) is 0.0945. The minimum absolute atomic E-state index is 0.286. The largest absolute Gasteiger partial charge is 0.374 e. The lowest BCUT2D eigenvalue weighted by Crippen LogP contribution is -2.58. The lowest BCUT2D eigenvalue weighted by atomic mass is 9.97. The van der Waals surface area contributed by atoms with E-state index in [9.17, 15) is 5.53 Å². The second-order valence-corrected chi connectivity index (χ2v) is 10.9. The van der Waals surface area contributed by atoms with Crippen LogP contribution in [0, 0.1) is 0 Å². The second kappa shape index (κ2) is 15.4. The van der Waals surface area contributed by atoms with Crippen molar-refractivity contribution in [2.24, 2.45) is 5.11 Å². The third-order valence-electron chi connectivity index (χ3n) is 6.76. The molecule has 1 heterocycles. The van der Waals surface area contributed by atoms with E-state index >= 15 is 0 Å². The summed E-state index contributed by atoms with van der Waals surface area (Å²) in [6, 6.07) is 39.3. The van der Waals surface area contributed by atoms with Crippen molar-refractivity contribution < 1.29 is 18.9 Å². The van der Waals surface area contributed by atoms with Crippen LogP contribution in [-0.2, 0) is 38.8 Å². The molecule has 1 fully saturated rings. The zero-order valence-corrected chi connectivity index (χ0v) is 23.5. The van der Waals surface area contributed by atoms with Crippen molar-refractivity contribution in [3.63, 3.8) is 0 Å². The number of hydrogen-bond acceptors (Lipinski definition) is 6. The van der Waals surface area contributed by atoms with Gasteiger partial charge >= 0.3 is 0 Å². The Morgan fingerprint density at radius 2 is 1.15 bits per heavy atom. The molecule has 0 bridgehead atoms. The minimum Gasteiger partial charge on any atom is -0.374 e. The van der Waals surface area contributed by atoms with Crippen LogP contribution in [0.3, 0.4) is 0 Å². The highest BCUT2D eigenvalue weighted by Gasteiger charge is 2.47. The van der Waals surface area contributed by atoms with Crippen molar-refractivity contribution in [2.75, 3.05) is 6.61 Å². The molecule has 0 amide bonds. The molecule has 0 aliphatic carbocycles. The molecule has 4 aromatic rings. The van der Waals surface area contributed by atoms with E-state index in [4.69, 9.17) is 18.9 Å². The fourth-order valence-corrected chi connectivity index (χ4v) is 5.86. The molecule has 4 aromatic carbocycles. The number of nitrogens with zero attached hydrogens (tertiary/aromatic N) is 3. The predicted molar refractivity (Wildman–Crippen MR) is 160 cm³/mol. The molecule has 1 unspecified atom stereocenters. The molecule has 41 heavy (non-hydrogen) atoms. The van der Waals surface area contributed by atoms with Crippen LogP contribution in [0.25, 0.3) is 10.4 Å². The van der Waals surface area contributed by atoms with E-state index in [0.29, 0.717) is 19.8 Å². The lowest BCUT2D eigenvalue weighted by molar-refractivity contribution is -0.211. The number of ether oxygens (including phenoxy) is 4. The van der Waals surface area contributed by atoms with Crippen LogP contribution in [0.15, 0.2) is 131 Å². The highest BCUT2D eigenvalue weighted by Crippen LogP contribution is 2.38. The van der Waals surface area contributed by atoms with Gasteiger partial charge in [-0.1, -0.05) is 126 Å². The van der Waals surface area contributed by atoms with Gasteiger partial charge in [0.05, 0.1) is 32.5 Å². The Hall–Kier alpha value is -3.62. The van der Waals surface area contributed by atoms with E-state index in [1.54, 1.807) is 0 Å². The van der Waals surface area contributed by atoms with Gasteiger partial charge in [-0.15, -0.1) is 0 Å². The standard InChI is InChI=1S/C33H33N3O4S/c34-36-35-30-32(39-23-27-17-9-3-10-18-27)31(38-22-26-15-7-2-8-16-26)29(24-37-21-25-13-5-1-6-14-25)40-33(30)41-28-19-11-4-12-20-28/h1-20,29-33H,21-24H2/t29-,30-,31-,32-,33?/m1/s1. The average Bonchev–Trinajstić information content (AvgIpc) is 3.03. The normalized spacial score (nSPS) is 22.1. The van der Waals surface area contributed by atoms with E-state index in [0.717, 1.165) is 21.6 Å². The van der Waals surface area contributed by atoms with Crippen molar-refractivity contribution in [2.45, 2.75) is 54.5 Å². The summed E-state index contributed by atoms with van der Waals surface area (Å²) < 4.78 is 25.9. The first-order chi connectivity index (χ1) is 20.3. The van der Waals surface area contributed by atoms with Crippen molar-refractivity contribution in [1.82, 2.24) is 0 Å². The van der Waals surface area contributed by atoms with E-state index in [1.807, 2.05) is 121 Å². The first-order valence-electron chi connectivity index (χ1n) is 13.6. The molecular weight excluding hydrogens is 534 g/mol. The number of benzene rings is 4. The third-order valence-corrected chi connectivity index (χ3v) is 7.93. The predicted octanol–water partition coefficient (Wildman–Crippen LogP) is 7.57. The molecule has 1 saturated heterocycles. The van der Waals surface area contributed by atoms with Crippen molar-refractivity contribution in [3.8, 4) is 0 Å². The summed E-state index contributed by atoms with van der Waals surface area (Å²) in [4.78, 5) is 4.21. The van der Waals surface area contributed by atoms with Gasteiger partial charge in [-0.05, 0) is 34.4 Å². The van der Waals surface area contributed by atoms with Crippen molar-refractivity contribution >= 4 is 11.8 Å². The average molecular weight is 568 g/mol. The number of rotatable bonds is 13. The SMILES string of the molecule is [N-]=[N+]=N[C@H]1C(Sc2ccccc2)O[C@H](COCc2ccccc2)[C@@H](OCc2ccccc2)[C@@H]1OCc1ccccc1. The smallest absolute Gasteiger partial charge is 0.119 e. The molecule has 0 aromatic heterocycles. The highest BCUT2D eigenvalue weighted by molar-refractivity contribution is 7.99. The maximum atomic E-state index is 9.61. The van der Waals surface area contributed by atoms with E-state index in [-0.39, 0.29) is 6.61 Å². The van der Waals surface area contributed by atoms with Gasteiger partial charge in [0.2, 0.25) is 0 Å². The molecule has 1 aliphatic rings. The Morgan fingerprint density at radius 3 is 1.68 bits per heavy atom. The second-order valence-electron chi connectivity index (χ2n) is 9.69. The summed E-state index contributed by atoms with van der Waals surface area (Å²) in [6.45, 7) is 1.43. The third kappa shape index (κ3) is 8.44. The van der Waals surface area contributed by atoms with E-state index in [2.05, 4.69) is 10.0 Å². The maximum Gasteiger partial charge on any atom is 0.119 e. The maximum absolute atomic E-state index is 9.61. The first-order valence-corrected chi connectivity index (χ1v) is 14.5. The summed E-state index contributed by atoms with van der Waals surface area (Å²) in [5.74, 6) is 0. The topological polar surface area (TPSA) is 85.7 Å². The fourth-order valence-electron chi connectivity index (χ4n) is 4.73. The van der Waals surface area contributed by atoms with Crippen LogP contribution in [0.4, 0.5) is 0 Å². The Kier molecular flexibility index (Phi) is 10.9. The molecule has 0 saturated carbocycles. The number of thioether (sulfide) groups is 1. The van der Waals surface area contributed by atoms with Gasteiger partial charge in [-0.3, -0.25) is 0 Å². The van der Waals surface area contributed by atoms with Crippen LogP contribution in [0.1, 0.15) is 16.7 Å². The summed E-state index contributed by atoms with van der Waals surface area (Å²) in [7, 11) is 0. The molecule has 7 nitrogen and oxygen atoms in total. The van der Waals surface area contributed by atoms with Crippen LogP contribution >= 0.6 is 11.8 Å². The molecule has 8 heteroatoms. The van der Waals surface area contributed by atoms with Gasteiger partial charge in [-0.2, -0.15) is 0 Å². The minimum atomic E-state index is -0.639. The van der Waals surface area contributed by atoms with Gasteiger partial charge in [0, 0.05) is 9.81 Å². The van der Waals surface area contributed by atoms with E-state index < -0.39 is 29.8 Å². The van der Waals surface area contributed by atoms with Crippen LogP contribution in [0.5, 0.6) is 0 Å². The van der Waals surface area contributed by atoms with Crippen molar-refractivity contribution in [3.05, 3.63) is 148 Å². The van der Waals surface area contributed by atoms with E-state index in [1.165, 1.54) is 11.8 Å². The molecule has 0 N–H and O–H groups in total. The molecule has 5 atom stereocenters. The van der Waals surface area contributed by atoms with Gasteiger partial charge in [-0.25, -0.2) is 0 Å². The molecule has 0 spiro atoms. The Labute approximate surface area is 245 Å². The van der Waals surface area contributed by atoms with Crippen LogP contribution in [0.2, 0.25) is 0 Å². The van der Waals surface area contributed by atoms with Crippen LogP contribution in [-0.4, -0.2) is 36.4 Å². The molecular formula is C33H33N3O4S. The summed E-state index contributed by atoms with van der Waals surface area (Å²) in [5, 5.41) is 4.21. The monoisotopic (exact) mass is 567 g/mol. The van der Waals surface area contributed by atoms with Crippen LogP contribution < -0.4 is 0 Å². The van der Waals surface area contributed by atoms with Gasteiger partial charge < -0.3 is 18.9 Å². The molecule has 1 aliphatic heterocycles. The Balaban J connectivity index is 1.43. The van der Waals surface area contributed by atoms with Gasteiger partial charge in [0.15, 0.2) is 0 Å². The summed E-state index contributed by atoms with van der Waals surface area (Å²) >= 11 is 1.51. The summed E-state index contributed by atoms with van der Waals surface area (Å²) in [5.41, 5.74) is 12.2. The molecule has 210 valence electrons. The lowest BCUT2D eigenvalue weighted by Gasteiger charge is -2.44.